The van der Waals surface area contributed by atoms with Gasteiger partial charge in [0.05, 0.1) is 13.2 Å². The van der Waals surface area contributed by atoms with Gasteiger partial charge in [0.25, 0.3) is 0 Å². The van der Waals surface area contributed by atoms with Gasteiger partial charge in [-0.2, -0.15) is 0 Å². The first-order valence-electron chi connectivity index (χ1n) is 11.7. The molecule has 28 heavy (non-hydrogen) atoms. The Morgan fingerprint density at radius 1 is 0.929 bits per heavy atom. The van der Waals surface area contributed by atoms with Crippen LogP contribution in [0.25, 0.3) is 0 Å². The van der Waals surface area contributed by atoms with Crippen LogP contribution in [-0.4, -0.2) is 6.61 Å². The van der Waals surface area contributed by atoms with Crippen LogP contribution in [0.15, 0.2) is 49.1 Å². The van der Waals surface area contributed by atoms with Crippen molar-refractivity contribution in [3.8, 4) is 0 Å². The highest BCUT2D eigenvalue weighted by molar-refractivity contribution is 5.25. The summed E-state index contributed by atoms with van der Waals surface area (Å²) in [7, 11) is 0. The van der Waals surface area contributed by atoms with E-state index in [2.05, 4.69) is 49.9 Å². The molecule has 2 fully saturated rings. The Morgan fingerprint density at radius 3 is 2.18 bits per heavy atom. The molecule has 3 rings (SSSR count). The van der Waals surface area contributed by atoms with Gasteiger partial charge in [0.1, 0.15) is 0 Å². The second-order valence-corrected chi connectivity index (χ2v) is 9.08. The molecule has 2 saturated carbocycles. The SMILES string of the molecule is C=CCOCc1ccc(C2CCC(C3CCC(CC/C=C/C)CC3)CC2)cc1. The minimum atomic E-state index is 0.628. The maximum Gasteiger partial charge on any atom is 0.0721 e. The van der Waals surface area contributed by atoms with Gasteiger partial charge in [0.15, 0.2) is 0 Å². The standard InChI is InChI=1S/C27H40O/c1-3-5-6-7-22-8-12-24(13-9-22)26-16-18-27(19-17-26)25-14-10-23(11-15-25)21-28-20-4-2/h3-5,10-11,14-15,22,24,26-27H,2,6-9,12-13,16-21H2,1H3/b5-3+. The normalized spacial score (nSPS) is 28.5. The van der Waals surface area contributed by atoms with E-state index < -0.39 is 0 Å². The Morgan fingerprint density at radius 2 is 1.57 bits per heavy atom. The Kier molecular flexibility index (Phi) is 8.86. The highest BCUT2D eigenvalue weighted by Gasteiger charge is 2.31. The van der Waals surface area contributed by atoms with Crippen LogP contribution in [0.2, 0.25) is 0 Å². The van der Waals surface area contributed by atoms with Crippen molar-refractivity contribution in [2.24, 2.45) is 17.8 Å². The number of rotatable bonds is 9. The molecule has 2 aliphatic rings. The zero-order valence-corrected chi connectivity index (χ0v) is 18.0. The lowest BCUT2D eigenvalue weighted by atomic mass is 9.68. The summed E-state index contributed by atoms with van der Waals surface area (Å²) < 4.78 is 5.55. The van der Waals surface area contributed by atoms with Crippen LogP contribution in [-0.2, 0) is 11.3 Å². The van der Waals surface area contributed by atoms with Gasteiger partial charge in [-0.25, -0.2) is 0 Å². The molecular formula is C27H40O. The van der Waals surface area contributed by atoms with Crippen molar-refractivity contribution >= 4 is 0 Å². The van der Waals surface area contributed by atoms with Crippen LogP contribution in [0.5, 0.6) is 0 Å². The van der Waals surface area contributed by atoms with Crippen molar-refractivity contribution in [3.63, 3.8) is 0 Å². The van der Waals surface area contributed by atoms with Crippen LogP contribution < -0.4 is 0 Å². The summed E-state index contributed by atoms with van der Waals surface area (Å²) in [4.78, 5) is 0. The zero-order valence-electron chi connectivity index (χ0n) is 18.0. The van der Waals surface area contributed by atoms with E-state index in [1.165, 1.54) is 69.8 Å². The van der Waals surface area contributed by atoms with Crippen molar-refractivity contribution in [1.82, 2.24) is 0 Å². The maximum atomic E-state index is 5.55. The molecule has 0 radical (unpaired) electrons. The maximum absolute atomic E-state index is 5.55. The lowest BCUT2D eigenvalue weighted by molar-refractivity contribution is 0.149. The van der Waals surface area contributed by atoms with Gasteiger partial charge >= 0.3 is 0 Å². The zero-order chi connectivity index (χ0) is 19.6. The molecular weight excluding hydrogens is 340 g/mol. The number of ether oxygens (including phenoxy) is 1. The molecule has 0 spiro atoms. The monoisotopic (exact) mass is 380 g/mol. The summed E-state index contributed by atoms with van der Waals surface area (Å²) in [6.45, 7) is 7.16. The minimum Gasteiger partial charge on any atom is -0.373 e. The van der Waals surface area contributed by atoms with Crippen LogP contribution in [0.4, 0.5) is 0 Å². The van der Waals surface area contributed by atoms with E-state index in [9.17, 15) is 0 Å². The second kappa shape index (κ2) is 11.6. The van der Waals surface area contributed by atoms with Gasteiger partial charge in [-0.1, -0.05) is 55.3 Å². The molecule has 0 saturated heterocycles. The topological polar surface area (TPSA) is 9.23 Å². The summed E-state index contributed by atoms with van der Waals surface area (Å²) in [6, 6.07) is 9.18. The average molecular weight is 381 g/mol. The van der Waals surface area contributed by atoms with Gasteiger partial charge in [-0.05, 0) is 93.1 Å². The molecule has 1 nitrogen and oxygen atoms in total. The Bertz CT molecular complexity index is 583. The number of benzene rings is 1. The number of hydrogen-bond donors (Lipinski definition) is 0. The molecule has 0 atom stereocenters. The molecule has 0 amide bonds. The molecule has 1 aromatic carbocycles. The van der Waals surface area contributed by atoms with E-state index >= 15 is 0 Å². The molecule has 0 unspecified atom stereocenters. The quantitative estimate of drug-likeness (QED) is 0.313. The highest BCUT2D eigenvalue weighted by Crippen LogP contribution is 2.44. The van der Waals surface area contributed by atoms with Crippen LogP contribution in [0.3, 0.4) is 0 Å². The minimum absolute atomic E-state index is 0.628. The van der Waals surface area contributed by atoms with Gasteiger partial charge in [-0.3, -0.25) is 0 Å². The average Bonchev–Trinajstić information content (AvgIpc) is 2.75. The van der Waals surface area contributed by atoms with Gasteiger partial charge in [-0.15, -0.1) is 6.58 Å². The Labute approximate surface area is 173 Å². The van der Waals surface area contributed by atoms with Gasteiger partial charge in [0.2, 0.25) is 0 Å². The third-order valence-corrected chi connectivity index (χ3v) is 7.26. The fourth-order valence-corrected chi connectivity index (χ4v) is 5.52. The molecule has 0 heterocycles. The van der Waals surface area contributed by atoms with Crippen LogP contribution in [0, 0.1) is 17.8 Å². The summed E-state index contributed by atoms with van der Waals surface area (Å²) >= 11 is 0. The molecule has 1 aromatic rings. The first kappa shape index (κ1) is 21.4. The summed E-state index contributed by atoms with van der Waals surface area (Å²) in [5.74, 6) is 3.79. The molecule has 154 valence electrons. The van der Waals surface area contributed by atoms with E-state index in [0.717, 1.165) is 23.7 Å². The van der Waals surface area contributed by atoms with Crippen molar-refractivity contribution in [3.05, 3.63) is 60.2 Å². The van der Waals surface area contributed by atoms with E-state index in [4.69, 9.17) is 4.74 Å². The van der Waals surface area contributed by atoms with Crippen molar-refractivity contribution < 1.29 is 4.74 Å². The Balaban J connectivity index is 1.39. The fourth-order valence-electron chi connectivity index (χ4n) is 5.52. The lowest BCUT2D eigenvalue weighted by Gasteiger charge is -2.38. The first-order valence-corrected chi connectivity index (χ1v) is 11.7. The van der Waals surface area contributed by atoms with Gasteiger partial charge < -0.3 is 4.74 Å². The van der Waals surface area contributed by atoms with E-state index in [1.54, 1.807) is 5.56 Å². The van der Waals surface area contributed by atoms with E-state index in [1.807, 2.05) is 6.08 Å². The molecule has 0 aromatic heterocycles. The molecule has 0 N–H and O–H groups in total. The molecule has 0 bridgehead atoms. The fraction of sp³-hybridized carbons (Fsp3) is 0.630. The van der Waals surface area contributed by atoms with Crippen molar-refractivity contribution in [2.45, 2.75) is 83.7 Å². The largest absolute Gasteiger partial charge is 0.373 e. The number of allylic oxidation sites excluding steroid dienone is 2. The van der Waals surface area contributed by atoms with Crippen molar-refractivity contribution in [1.29, 1.82) is 0 Å². The molecule has 0 aliphatic heterocycles. The predicted octanol–water partition coefficient (Wildman–Crippen LogP) is 7.83. The van der Waals surface area contributed by atoms with Crippen LogP contribution >= 0.6 is 0 Å². The molecule has 1 heteroatoms. The summed E-state index contributed by atoms with van der Waals surface area (Å²) in [5.41, 5.74) is 2.81. The Hall–Kier alpha value is -1.34. The van der Waals surface area contributed by atoms with E-state index in [-0.39, 0.29) is 0 Å². The third kappa shape index (κ3) is 6.34. The highest BCUT2D eigenvalue weighted by atomic mass is 16.5. The predicted molar refractivity (Wildman–Crippen MR) is 120 cm³/mol. The first-order chi connectivity index (χ1) is 13.8. The van der Waals surface area contributed by atoms with Crippen LogP contribution in [0.1, 0.15) is 88.2 Å². The lowest BCUT2D eigenvalue weighted by Crippen LogP contribution is -2.25. The van der Waals surface area contributed by atoms with E-state index in [0.29, 0.717) is 13.2 Å². The molecule has 2 aliphatic carbocycles. The second-order valence-electron chi connectivity index (χ2n) is 9.08. The summed E-state index contributed by atoms with van der Waals surface area (Å²) in [6.07, 6.45) is 20.7. The smallest absolute Gasteiger partial charge is 0.0721 e. The van der Waals surface area contributed by atoms with Gasteiger partial charge in [0, 0.05) is 0 Å². The summed E-state index contributed by atoms with van der Waals surface area (Å²) in [5, 5.41) is 0. The third-order valence-electron chi connectivity index (χ3n) is 7.26. The number of hydrogen-bond acceptors (Lipinski definition) is 1. The van der Waals surface area contributed by atoms with Crippen molar-refractivity contribution in [2.75, 3.05) is 6.61 Å².